The lowest BCUT2D eigenvalue weighted by Gasteiger charge is -2.19. The average Bonchev–Trinajstić information content (AvgIpc) is 2.65. The minimum atomic E-state index is -0.869. The molecule has 16 heavy (non-hydrogen) atoms. The molecule has 1 aliphatic rings. The molecule has 1 saturated heterocycles. The van der Waals surface area contributed by atoms with Gasteiger partial charge in [-0.05, 0) is 25.5 Å². The third kappa shape index (κ3) is 2.68. The van der Waals surface area contributed by atoms with Crippen molar-refractivity contribution in [2.24, 2.45) is 0 Å². The van der Waals surface area contributed by atoms with Crippen molar-refractivity contribution >= 4 is 5.82 Å². The molecule has 0 bridgehead atoms. The van der Waals surface area contributed by atoms with Crippen LogP contribution in [0, 0.1) is 6.92 Å². The van der Waals surface area contributed by atoms with E-state index in [1.165, 1.54) is 0 Å². The number of nitrogens with zero attached hydrogens (tertiary/aromatic N) is 1. The molecular weight excluding hydrogens is 209 g/mol. The molecule has 1 aromatic heterocycles. The Morgan fingerprint density at radius 3 is 3.06 bits per heavy atom. The predicted molar refractivity (Wildman–Crippen MR) is 59.9 cm³/mol. The largest absolute Gasteiger partial charge is 0.372 e. The van der Waals surface area contributed by atoms with E-state index < -0.39 is 12.4 Å². The van der Waals surface area contributed by atoms with Crippen molar-refractivity contribution in [2.45, 2.75) is 31.8 Å². The topological polar surface area (TPSA) is 57.2 Å². The zero-order chi connectivity index (χ0) is 11.5. The summed E-state index contributed by atoms with van der Waals surface area (Å²) in [6.07, 6.45) is -1.35. The number of rotatable bonds is 3. The molecule has 0 radical (unpaired) electrons. The van der Waals surface area contributed by atoms with Gasteiger partial charge in [-0.25, -0.2) is 9.37 Å². The van der Waals surface area contributed by atoms with E-state index in [4.69, 9.17) is 0 Å². The number of nitrogens with one attached hydrogen (secondary N) is 2. The van der Waals surface area contributed by atoms with Crippen LogP contribution >= 0.6 is 0 Å². The lowest BCUT2D eigenvalue weighted by atomic mass is 10.2. The summed E-state index contributed by atoms with van der Waals surface area (Å²) in [5.74, 6) is 0.608. The van der Waals surface area contributed by atoms with Crippen LogP contribution in [0.2, 0.25) is 0 Å². The highest BCUT2D eigenvalue weighted by Gasteiger charge is 2.29. The maximum atomic E-state index is 12.9. The number of hydrogen-bond donors (Lipinski definition) is 3. The third-order valence-electron chi connectivity index (χ3n) is 2.68. The number of aryl methyl sites for hydroxylation is 1. The molecule has 1 unspecified atom stereocenters. The first-order chi connectivity index (χ1) is 7.65. The van der Waals surface area contributed by atoms with Crippen LogP contribution in [0.15, 0.2) is 18.2 Å². The number of aliphatic hydroxyl groups excluding tert-OH is 1. The second-order valence-corrected chi connectivity index (χ2v) is 4.10. The van der Waals surface area contributed by atoms with Crippen molar-refractivity contribution in [2.75, 3.05) is 11.9 Å². The lowest BCUT2D eigenvalue weighted by Crippen LogP contribution is -2.40. The Kier molecular flexibility index (Phi) is 3.36. The zero-order valence-electron chi connectivity index (χ0n) is 9.15. The summed E-state index contributed by atoms with van der Waals surface area (Å²) in [6.45, 7) is 2.19. The van der Waals surface area contributed by atoms with Crippen molar-refractivity contribution in [1.29, 1.82) is 0 Å². The van der Waals surface area contributed by atoms with Crippen molar-refractivity contribution in [3.63, 3.8) is 0 Å². The molecule has 88 valence electrons. The maximum Gasteiger partial charge on any atom is 0.141 e. The molecule has 1 fully saturated rings. The molecule has 0 saturated carbocycles. The molecule has 2 heterocycles. The van der Waals surface area contributed by atoms with Crippen LogP contribution in [-0.4, -0.2) is 35.1 Å². The van der Waals surface area contributed by atoms with Gasteiger partial charge in [0.1, 0.15) is 18.2 Å². The van der Waals surface area contributed by atoms with Gasteiger partial charge in [0.15, 0.2) is 0 Å². The van der Waals surface area contributed by atoms with Crippen molar-refractivity contribution in [1.82, 2.24) is 10.3 Å². The molecule has 4 nitrogen and oxygen atoms in total. The van der Waals surface area contributed by atoms with Gasteiger partial charge in [0.05, 0.1) is 6.04 Å². The number of alkyl halides is 1. The number of aromatic nitrogens is 1. The summed E-state index contributed by atoms with van der Waals surface area (Å²) in [6, 6.07) is 5.26. The maximum absolute atomic E-state index is 12.9. The van der Waals surface area contributed by atoms with E-state index in [2.05, 4.69) is 15.6 Å². The summed E-state index contributed by atoms with van der Waals surface area (Å²) < 4.78 is 12.9. The van der Waals surface area contributed by atoms with Crippen molar-refractivity contribution in [3.8, 4) is 0 Å². The normalized spacial score (nSPS) is 26.7. The van der Waals surface area contributed by atoms with E-state index in [9.17, 15) is 9.50 Å². The Morgan fingerprint density at radius 1 is 1.62 bits per heavy atom. The SMILES string of the molecule is Cc1cccc(NC(O)[C@@H]2C[C@@H](F)CN2)n1. The molecule has 1 aliphatic heterocycles. The van der Waals surface area contributed by atoms with Gasteiger partial charge >= 0.3 is 0 Å². The van der Waals surface area contributed by atoms with E-state index in [-0.39, 0.29) is 6.04 Å². The van der Waals surface area contributed by atoms with Crippen LogP contribution in [0.25, 0.3) is 0 Å². The number of halogens is 1. The fourth-order valence-corrected chi connectivity index (χ4v) is 1.84. The highest BCUT2D eigenvalue weighted by atomic mass is 19.1. The van der Waals surface area contributed by atoms with E-state index in [0.717, 1.165) is 5.69 Å². The van der Waals surface area contributed by atoms with Crippen LogP contribution in [0.4, 0.5) is 10.2 Å². The highest BCUT2D eigenvalue weighted by Crippen LogP contribution is 2.15. The van der Waals surface area contributed by atoms with Gasteiger partial charge < -0.3 is 15.7 Å². The van der Waals surface area contributed by atoms with Gasteiger partial charge in [-0.15, -0.1) is 0 Å². The minimum Gasteiger partial charge on any atom is -0.372 e. The first-order valence-corrected chi connectivity index (χ1v) is 5.41. The van der Waals surface area contributed by atoms with Gasteiger partial charge in [-0.1, -0.05) is 6.07 Å². The van der Waals surface area contributed by atoms with Gasteiger partial charge in [0.2, 0.25) is 0 Å². The third-order valence-corrected chi connectivity index (χ3v) is 2.68. The van der Waals surface area contributed by atoms with E-state index in [0.29, 0.717) is 18.8 Å². The Hall–Kier alpha value is -1.20. The lowest BCUT2D eigenvalue weighted by molar-refractivity contribution is 0.158. The molecule has 0 spiro atoms. The molecule has 0 aliphatic carbocycles. The van der Waals surface area contributed by atoms with Gasteiger partial charge in [-0.2, -0.15) is 0 Å². The molecule has 2 rings (SSSR count). The molecule has 3 N–H and O–H groups in total. The Balaban J connectivity index is 1.94. The summed E-state index contributed by atoms with van der Waals surface area (Å²) in [4.78, 5) is 4.21. The second-order valence-electron chi connectivity index (χ2n) is 4.10. The fraction of sp³-hybridized carbons (Fsp3) is 0.545. The Labute approximate surface area is 93.9 Å². The molecule has 3 atom stereocenters. The van der Waals surface area contributed by atoms with E-state index in [1.54, 1.807) is 6.07 Å². The van der Waals surface area contributed by atoms with Crippen molar-refractivity contribution < 1.29 is 9.50 Å². The van der Waals surface area contributed by atoms with E-state index in [1.807, 2.05) is 19.1 Å². The fourth-order valence-electron chi connectivity index (χ4n) is 1.84. The van der Waals surface area contributed by atoms with Crippen LogP contribution < -0.4 is 10.6 Å². The first kappa shape index (κ1) is 11.3. The number of aliphatic hydroxyl groups is 1. The van der Waals surface area contributed by atoms with Crippen molar-refractivity contribution in [3.05, 3.63) is 23.9 Å². The summed E-state index contributed by atoms with van der Waals surface area (Å²) in [5.41, 5.74) is 0.875. The molecule has 1 aromatic rings. The standard InChI is InChI=1S/C11H16FN3O/c1-7-3-2-4-10(14-7)15-11(16)9-5-8(12)6-13-9/h2-4,8-9,11,13,16H,5-6H2,1H3,(H,14,15)/t8-,9+,11?/m1/s1. The summed E-state index contributed by atoms with van der Waals surface area (Å²) >= 11 is 0. The second kappa shape index (κ2) is 4.76. The van der Waals surface area contributed by atoms with Gasteiger partial charge in [0, 0.05) is 12.2 Å². The van der Waals surface area contributed by atoms with Gasteiger partial charge in [0.25, 0.3) is 0 Å². The Bertz CT molecular complexity index is 361. The smallest absolute Gasteiger partial charge is 0.141 e. The van der Waals surface area contributed by atoms with Crippen LogP contribution in [0.3, 0.4) is 0 Å². The number of hydrogen-bond acceptors (Lipinski definition) is 4. The molecule has 5 heteroatoms. The van der Waals surface area contributed by atoms with Gasteiger partial charge in [-0.3, -0.25) is 0 Å². The van der Waals surface area contributed by atoms with Crippen LogP contribution in [0.1, 0.15) is 12.1 Å². The van der Waals surface area contributed by atoms with Crippen LogP contribution in [-0.2, 0) is 0 Å². The zero-order valence-corrected chi connectivity index (χ0v) is 9.15. The quantitative estimate of drug-likeness (QED) is 0.667. The first-order valence-electron chi connectivity index (χ1n) is 5.41. The van der Waals surface area contributed by atoms with Crippen LogP contribution in [0.5, 0.6) is 0 Å². The molecular formula is C11H16FN3O. The monoisotopic (exact) mass is 225 g/mol. The van der Waals surface area contributed by atoms with E-state index >= 15 is 0 Å². The minimum absolute atomic E-state index is 0.252. The number of anilines is 1. The molecule has 0 amide bonds. The Morgan fingerprint density at radius 2 is 2.44 bits per heavy atom. The summed E-state index contributed by atoms with van der Waals surface area (Å²) in [7, 11) is 0. The summed E-state index contributed by atoms with van der Waals surface area (Å²) in [5, 5.41) is 15.6. The molecule has 0 aromatic carbocycles. The predicted octanol–water partition coefficient (Wildman–Crippen LogP) is 0.820. The highest BCUT2D eigenvalue weighted by molar-refractivity contribution is 5.36. The number of pyridine rings is 1. The average molecular weight is 225 g/mol.